The summed E-state index contributed by atoms with van der Waals surface area (Å²) in [4.78, 5) is 17.1. The Morgan fingerprint density at radius 2 is 1.76 bits per heavy atom. The molecule has 0 aliphatic rings. The zero-order valence-corrected chi connectivity index (χ0v) is 14.4. The van der Waals surface area contributed by atoms with E-state index >= 15 is 0 Å². The normalized spacial score (nSPS) is 11.1. The zero-order valence-electron chi connectivity index (χ0n) is 13.6. The van der Waals surface area contributed by atoms with Crippen LogP contribution >= 0.6 is 11.3 Å². The van der Waals surface area contributed by atoms with E-state index in [1.54, 1.807) is 12.1 Å². The third-order valence-corrected chi connectivity index (χ3v) is 5.11. The Bertz CT molecular complexity index is 1050. The van der Waals surface area contributed by atoms with Gasteiger partial charge in [0.05, 0.1) is 5.69 Å². The molecule has 124 valence electrons. The molecule has 4 rings (SSSR count). The number of thiazole rings is 1. The van der Waals surface area contributed by atoms with Crippen LogP contribution < -0.4 is 0 Å². The van der Waals surface area contributed by atoms with E-state index in [1.807, 2.05) is 9.78 Å². The molecule has 0 saturated carbocycles. The molecule has 0 bridgehead atoms. The smallest absolute Gasteiger partial charge is 0.195 e. The van der Waals surface area contributed by atoms with Crippen LogP contribution in [-0.2, 0) is 6.42 Å². The fraction of sp³-hybridized carbons (Fsp3) is 0.100. The summed E-state index contributed by atoms with van der Waals surface area (Å²) in [6.07, 6.45) is 1.80. The largest absolute Gasteiger partial charge is 0.296 e. The Hall–Kier alpha value is -2.79. The third-order valence-electron chi connectivity index (χ3n) is 4.29. The summed E-state index contributed by atoms with van der Waals surface area (Å²) in [7, 11) is 0. The summed E-state index contributed by atoms with van der Waals surface area (Å²) in [5, 5.41) is 2.00. The molecule has 0 unspecified atom stereocenters. The Morgan fingerprint density at radius 3 is 2.40 bits per heavy atom. The van der Waals surface area contributed by atoms with Crippen LogP contribution in [0.15, 0.2) is 53.9 Å². The summed E-state index contributed by atoms with van der Waals surface area (Å²) in [6, 6.07) is 14.4. The van der Waals surface area contributed by atoms with Crippen molar-refractivity contribution in [2.24, 2.45) is 0 Å². The van der Waals surface area contributed by atoms with Crippen LogP contribution in [0.5, 0.6) is 0 Å². The lowest BCUT2D eigenvalue weighted by atomic mass is 10.1. The van der Waals surface area contributed by atoms with Gasteiger partial charge in [0, 0.05) is 10.9 Å². The van der Waals surface area contributed by atoms with Gasteiger partial charge in [-0.1, -0.05) is 31.2 Å². The molecule has 2 heterocycles. The van der Waals surface area contributed by atoms with Gasteiger partial charge in [-0.2, -0.15) is 0 Å². The fourth-order valence-corrected chi connectivity index (χ4v) is 3.83. The minimum Gasteiger partial charge on any atom is -0.296 e. The molecular weight excluding hydrogens is 335 g/mol. The van der Waals surface area contributed by atoms with E-state index in [0.717, 1.165) is 34.5 Å². The van der Waals surface area contributed by atoms with E-state index in [-0.39, 0.29) is 5.82 Å². The second-order valence-corrected chi connectivity index (χ2v) is 6.60. The lowest BCUT2D eigenvalue weighted by molar-refractivity contribution is 0.111. The van der Waals surface area contributed by atoms with E-state index in [9.17, 15) is 9.18 Å². The van der Waals surface area contributed by atoms with Gasteiger partial charge in [-0.3, -0.25) is 9.20 Å². The van der Waals surface area contributed by atoms with Crippen molar-refractivity contribution in [2.45, 2.75) is 13.3 Å². The quantitative estimate of drug-likeness (QED) is 0.472. The first-order valence-electron chi connectivity index (χ1n) is 8.01. The fourth-order valence-electron chi connectivity index (χ4n) is 2.92. The van der Waals surface area contributed by atoms with E-state index in [2.05, 4.69) is 36.2 Å². The molecule has 0 aliphatic heterocycles. The molecule has 5 heteroatoms. The number of carbonyl (C=O) groups excluding carboxylic acids is 1. The van der Waals surface area contributed by atoms with Gasteiger partial charge in [-0.15, -0.1) is 11.3 Å². The molecule has 25 heavy (non-hydrogen) atoms. The van der Waals surface area contributed by atoms with Crippen LogP contribution in [0.25, 0.3) is 27.5 Å². The van der Waals surface area contributed by atoms with Gasteiger partial charge in [-0.25, -0.2) is 9.37 Å². The first kappa shape index (κ1) is 15.7. The van der Waals surface area contributed by atoms with Crippen LogP contribution in [-0.4, -0.2) is 15.7 Å². The highest BCUT2D eigenvalue weighted by molar-refractivity contribution is 7.15. The van der Waals surface area contributed by atoms with Crippen molar-refractivity contribution in [3.63, 3.8) is 0 Å². The van der Waals surface area contributed by atoms with E-state index in [1.165, 1.54) is 29.0 Å². The number of aryl methyl sites for hydroxylation is 1. The number of hydrogen-bond donors (Lipinski definition) is 0. The lowest BCUT2D eigenvalue weighted by Gasteiger charge is -2.04. The molecule has 0 radical (unpaired) electrons. The van der Waals surface area contributed by atoms with E-state index < -0.39 is 0 Å². The SMILES string of the molecule is CCc1ccc(-c2csc3nc(-c4ccc(F)cc4)c(C=O)n23)cc1. The number of benzene rings is 2. The maximum atomic E-state index is 13.2. The van der Waals surface area contributed by atoms with Gasteiger partial charge in [0.1, 0.15) is 17.2 Å². The van der Waals surface area contributed by atoms with Crippen molar-refractivity contribution in [1.29, 1.82) is 0 Å². The molecule has 0 fully saturated rings. The zero-order chi connectivity index (χ0) is 17.4. The van der Waals surface area contributed by atoms with Crippen molar-refractivity contribution in [3.05, 3.63) is 71.0 Å². The van der Waals surface area contributed by atoms with Gasteiger partial charge < -0.3 is 0 Å². The average Bonchev–Trinajstić information content (AvgIpc) is 3.21. The molecule has 0 saturated heterocycles. The van der Waals surface area contributed by atoms with Crippen LogP contribution in [0.2, 0.25) is 0 Å². The summed E-state index contributed by atoms with van der Waals surface area (Å²) < 4.78 is 15.1. The molecule has 0 atom stereocenters. The molecule has 2 aromatic heterocycles. The van der Waals surface area contributed by atoms with Gasteiger partial charge in [-0.05, 0) is 41.8 Å². The molecule has 0 spiro atoms. The Kier molecular flexibility index (Phi) is 3.93. The van der Waals surface area contributed by atoms with Gasteiger partial charge in [0.25, 0.3) is 0 Å². The predicted octanol–water partition coefficient (Wildman–Crippen LogP) is 5.24. The van der Waals surface area contributed by atoms with Crippen LogP contribution in [0.1, 0.15) is 23.0 Å². The van der Waals surface area contributed by atoms with Gasteiger partial charge in [0.2, 0.25) is 0 Å². The van der Waals surface area contributed by atoms with Crippen LogP contribution in [0, 0.1) is 5.82 Å². The summed E-state index contributed by atoms with van der Waals surface area (Å²) in [6.45, 7) is 2.12. The highest BCUT2D eigenvalue weighted by atomic mass is 32.1. The summed E-state index contributed by atoms with van der Waals surface area (Å²) in [5.41, 5.74) is 5.03. The maximum absolute atomic E-state index is 13.2. The van der Waals surface area contributed by atoms with Gasteiger partial charge in [0.15, 0.2) is 11.2 Å². The Labute approximate surface area is 148 Å². The first-order valence-corrected chi connectivity index (χ1v) is 8.89. The number of aldehydes is 1. The van der Waals surface area contributed by atoms with Crippen molar-refractivity contribution in [3.8, 4) is 22.5 Å². The third kappa shape index (κ3) is 2.66. The lowest BCUT2D eigenvalue weighted by Crippen LogP contribution is -1.94. The highest BCUT2D eigenvalue weighted by Crippen LogP contribution is 2.32. The number of aromatic nitrogens is 2. The number of imidazole rings is 1. The van der Waals surface area contributed by atoms with Crippen LogP contribution in [0.4, 0.5) is 4.39 Å². The van der Waals surface area contributed by atoms with E-state index in [0.29, 0.717) is 11.4 Å². The number of halogens is 1. The molecule has 4 aromatic rings. The second-order valence-electron chi connectivity index (χ2n) is 5.76. The minimum absolute atomic E-state index is 0.311. The molecule has 3 nitrogen and oxygen atoms in total. The minimum atomic E-state index is -0.311. The number of carbonyl (C=O) groups is 1. The maximum Gasteiger partial charge on any atom is 0.195 e. The van der Waals surface area contributed by atoms with Crippen molar-refractivity contribution in [1.82, 2.24) is 9.38 Å². The van der Waals surface area contributed by atoms with E-state index in [4.69, 9.17) is 0 Å². The summed E-state index contributed by atoms with van der Waals surface area (Å²) >= 11 is 1.49. The molecular formula is C20H15FN2OS. The summed E-state index contributed by atoms with van der Waals surface area (Å²) in [5.74, 6) is -0.311. The number of nitrogens with zero attached hydrogens (tertiary/aromatic N) is 2. The Balaban J connectivity index is 1.90. The van der Waals surface area contributed by atoms with Crippen molar-refractivity contribution >= 4 is 22.6 Å². The molecule has 0 amide bonds. The van der Waals surface area contributed by atoms with Gasteiger partial charge >= 0.3 is 0 Å². The highest BCUT2D eigenvalue weighted by Gasteiger charge is 2.18. The average molecular weight is 350 g/mol. The standard InChI is InChI=1S/C20H15FN2OS/c1-2-13-3-5-14(6-4-13)18-12-25-20-22-19(17(11-24)23(18)20)15-7-9-16(21)10-8-15/h3-12H,2H2,1H3. The van der Waals surface area contributed by atoms with Crippen LogP contribution in [0.3, 0.4) is 0 Å². The number of fused-ring (bicyclic) bond motifs is 1. The number of hydrogen-bond acceptors (Lipinski definition) is 3. The first-order chi connectivity index (χ1) is 12.2. The predicted molar refractivity (Wildman–Crippen MR) is 98.7 cm³/mol. The topological polar surface area (TPSA) is 34.4 Å². The molecule has 0 N–H and O–H groups in total. The number of rotatable bonds is 4. The molecule has 0 aliphatic carbocycles. The van der Waals surface area contributed by atoms with Crippen molar-refractivity contribution in [2.75, 3.05) is 0 Å². The Morgan fingerprint density at radius 1 is 1.08 bits per heavy atom. The monoisotopic (exact) mass is 350 g/mol. The van der Waals surface area contributed by atoms with Crippen molar-refractivity contribution < 1.29 is 9.18 Å². The molecule has 2 aromatic carbocycles. The second kappa shape index (κ2) is 6.26.